The zero-order chi connectivity index (χ0) is 23.8. The molecule has 34 heavy (non-hydrogen) atoms. The van der Waals surface area contributed by atoms with Gasteiger partial charge in [-0.25, -0.2) is 0 Å². The van der Waals surface area contributed by atoms with Crippen LogP contribution >= 0.6 is 11.6 Å². The fraction of sp³-hybridized carbons (Fsp3) is 0.640. The number of nitrogens with zero attached hydrogens (tertiary/aromatic N) is 3. The first-order valence-corrected chi connectivity index (χ1v) is 12.8. The van der Waals surface area contributed by atoms with Crippen molar-refractivity contribution in [2.45, 2.75) is 49.2 Å². The summed E-state index contributed by atoms with van der Waals surface area (Å²) in [6.07, 6.45) is 3.39. The average molecular weight is 489 g/mol. The van der Waals surface area contributed by atoms with Gasteiger partial charge in [0.1, 0.15) is 24.8 Å². The van der Waals surface area contributed by atoms with E-state index in [1.54, 1.807) is 4.90 Å². The van der Waals surface area contributed by atoms with E-state index in [0.29, 0.717) is 5.56 Å². The van der Waals surface area contributed by atoms with Gasteiger partial charge in [-0.15, -0.1) is 11.6 Å². The lowest BCUT2D eigenvalue weighted by atomic mass is 9.95. The Hall–Kier alpha value is -2.16. The number of benzene rings is 1. The fourth-order valence-electron chi connectivity index (χ4n) is 5.79. The van der Waals surface area contributed by atoms with E-state index in [9.17, 15) is 14.4 Å². The van der Waals surface area contributed by atoms with Crippen LogP contribution in [0.3, 0.4) is 0 Å². The first kappa shape index (κ1) is 23.6. The number of hydrogen-bond acceptors (Lipinski definition) is 6. The molecular formula is C25H33ClN4O4. The lowest BCUT2D eigenvalue weighted by Gasteiger charge is -2.34. The van der Waals surface area contributed by atoms with Crippen molar-refractivity contribution >= 4 is 34.9 Å². The molecule has 4 aliphatic rings. The van der Waals surface area contributed by atoms with E-state index < -0.39 is 23.6 Å². The summed E-state index contributed by atoms with van der Waals surface area (Å²) in [5.74, 6) is -0.530. The number of carbonyl (C=O) groups excluding carboxylic acids is 3. The number of halogens is 1. The number of likely N-dealkylation sites (N-methyl/N-ethyl adjacent to an activating group) is 1. The van der Waals surface area contributed by atoms with Gasteiger partial charge in [0.25, 0.3) is 5.91 Å². The standard InChI is InChI=1S/C25H33ClN4O4/c1-28-10-12-29(13-11-28)18-8-6-17(7-9-18)24(32)27-21(16-4-2-3-5-16)25(33)30-14-19(26)23-22(30)20(31)15-34-23/h6-9,16,19,21-23H,2-5,10-15H2,1H3,(H,27,32)/t19-,21+,22-,23-/m1/s1. The minimum Gasteiger partial charge on any atom is -0.369 e. The molecule has 184 valence electrons. The molecule has 3 saturated heterocycles. The Kier molecular flexibility index (Phi) is 6.82. The second-order valence-corrected chi connectivity index (χ2v) is 10.6. The van der Waals surface area contributed by atoms with E-state index in [1.165, 1.54) is 0 Å². The molecule has 1 aliphatic carbocycles. The molecule has 1 saturated carbocycles. The summed E-state index contributed by atoms with van der Waals surface area (Å²) in [5, 5.41) is 2.61. The number of anilines is 1. The van der Waals surface area contributed by atoms with Crippen LogP contribution in [-0.4, -0.2) is 97.3 Å². The van der Waals surface area contributed by atoms with Crippen LogP contribution in [0.25, 0.3) is 0 Å². The Morgan fingerprint density at radius 3 is 2.44 bits per heavy atom. The number of rotatable bonds is 5. The molecule has 0 radical (unpaired) electrons. The number of nitrogens with one attached hydrogen (secondary N) is 1. The second kappa shape index (κ2) is 9.84. The Balaban J connectivity index is 1.30. The predicted octanol–water partition coefficient (Wildman–Crippen LogP) is 1.51. The third-order valence-corrected chi connectivity index (χ3v) is 8.21. The SMILES string of the molecule is CN1CCN(c2ccc(C(=O)N[C@H](C(=O)N3C[C@@H](Cl)[C@H]4OCC(=O)[C@H]43)C3CCCC3)cc2)CC1. The maximum absolute atomic E-state index is 13.7. The maximum Gasteiger partial charge on any atom is 0.251 e. The van der Waals surface area contributed by atoms with E-state index in [0.717, 1.165) is 57.5 Å². The zero-order valence-electron chi connectivity index (χ0n) is 19.6. The molecule has 1 aromatic carbocycles. The highest BCUT2D eigenvalue weighted by molar-refractivity contribution is 6.22. The van der Waals surface area contributed by atoms with Crippen LogP contribution in [0.15, 0.2) is 24.3 Å². The van der Waals surface area contributed by atoms with Crippen molar-refractivity contribution in [1.29, 1.82) is 0 Å². The summed E-state index contributed by atoms with van der Waals surface area (Å²) in [4.78, 5) is 45.4. The van der Waals surface area contributed by atoms with Crippen molar-refractivity contribution in [3.63, 3.8) is 0 Å². The highest BCUT2D eigenvalue weighted by atomic mass is 35.5. The molecule has 9 heteroatoms. The van der Waals surface area contributed by atoms with Gasteiger partial charge >= 0.3 is 0 Å². The van der Waals surface area contributed by atoms with Crippen LogP contribution < -0.4 is 10.2 Å². The summed E-state index contributed by atoms with van der Waals surface area (Å²) in [6, 6.07) is 6.30. The van der Waals surface area contributed by atoms with E-state index in [1.807, 2.05) is 24.3 Å². The monoisotopic (exact) mass is 488 g/mol. The molecule has 8 nitrogen and oxygen atoms in total. The van der Waals surface area contributed by atoms with Gasteiger partial charge in [-0.05, 0) is 50.1 Å². The van der Waals surface area contributed by atoms with Crippen LogP contribution in [0, 0.1) is 5.92 Å². The van der Waals surface area contributed by atoms with Crippen LogP contribution in [-0.2, 0) is 14.3 Å². The Labute approximate surface area is 205 Å². The van der Waals surface area contributed by atoms with Crippen molar-refractivity contribution < 1.29 is 19.1 Å². The number of carbonyl (C=O) groups is 3. The number of alkyl halides is 1. The van der Waals surface area contributed by atoms with Crippen molar-refractivity contribution in [3.8, 4) is 0 Å². The number of fused-ring (bicyclic) bond motifs is 1. The first-order valence-electron chi connectivity index (χ1n) is 12.4. The topological polar surface area (TPSA) is 82.2 Å². The van der Waals surface area contributed by atoms with Gasteiger partial charge in [0.15, 0.2) is 5.78 Å². The average Bonchev–Trinajstić information content (AvgIpc) is 3.58. The van der Waals surface area contributed by atoms with Gasteiger partial charge in [0.05, 0.1) is 5.38 Å². The summed E-state index contributed by atoms with van der Waals surface area (Å²) in [7, 11) is 2.12. The van der Waals surface area contributed by atoms with Crippen LogP contribution in [0.4, 0.5) is 5.69 Å². The van der Waals surface area contributed by atoms with Gasteiger partial charge < -0.3 is 24.8 Å². The van der Waals surface area contributed by atoms with Crippen molar-refractivity contribution in [1.82, 2.24) is 15.1 Å². The number of amides is 2. The maximum atomic E-state index is 13.7. The number of hydrogen-bond donors (Lipinski definition) is 1. The van der Waals surface area contributed by atoms with Gasteiger partial charge in [-0.3, -0.25) is 14.4 Å². The minimum atomic E-state index is -0.664. The number of ketones is 1. The second-order valence-electron chi connectivity index (χ2n) is 10.0. The summed E-state index contributed by atoms with van der Waals surface area (Å²) in [6.45, 7) is 4.21. The first-order chi connectivity index (χ1) is 16.4. The molecule has 1 aromatic rings. The molecule has 5 rings (SSSR count). The highest BCUT2D eigenvalue weighted by Gasteiger charge is 2.53. The van der Waals surface area contributed by atoms with Crippen LogP contribution in [0.2, 0.25) is 0 Å². The largest absolute Gasteiger partial charge is 0.369 e. The van der Waals surface area contributed by atoms with Crippen molar-refractivity contribution in [3.05, 3.63) is 29.8 Å². The molecule has 0 unspecified atom stereocenters. The smallest absolute Gasteiger partial charge is 0.251 e. The molecule has 2 amide bonds. The third-order valence-electron chi connectivity index (χ3n) is 7.83. The third kappa shape index (κ3) is 4.55. The molecule has 0 spiro atoms. The van der Waals surface area contributed by atoms with Gasteiger partial charge in [0, 0.05) is 44.0 Å². The zero-order valence-corrected chi connectivity index (χ0v) is 20.4. The predicted molar refractivity (Wildman–Crippen MR) is 129 cm³/mol. The quantitative estimate of drug-likeness (QED) is 0.633. The van der Waals surface area contributed by atoms with Crippen molar-refractivity contribution in [2.75, 3.05) is 51.3 Å². The van der Waals surface area contributed by atoms with Gasteiger partial charge in [-0.1, -0.05) is 12.8 Å². The van der Waals surface area contributed by atoms with E-state index >= 15 is 0 Å². The number of piperazine rings is 1. The molecule has 1 N–H and O–H groups in total. The lowest BCUT2D eigenvalue weighted by molar-refractivity contribution is -0.139. The lowest BCUT2D eigenvalue weighted by Crippen LogP contribution is -2.54. The molecule has 3 aliphatic heterocycles. The number of Topliss-reactive ketones (excluding diaryl/α,β-unsaturated/α-hetero) is 1. The molecular weight excluding hydrogens is 456 g/mol. The van der Waals surface area contributed by atoms with E-state index in [-0.39, 0.29) is 36.7 Å². The summed E-state index contributed by atoms with van der Waals surface area (Å²) in [5.41, 5.74) is 1.63. The molecule has 3 heterocycles. The molecule has 0 aromatic heterocycles. The van der Waals surface area contributed by atoms with Gasteiger partial charge in [0.2, 0.25) is 5.91 Å². The Bertz CT molecular complexity index is 927. The summed E-state index contributed by atoms with van der Waals surface area (Å²) >= 11 is 6.41. The number of ether oxygens (including phenoxy) is 1. The van der Waals surface area contributed by atoms with Crippen LogP contribution in [0.1, 0.15) is 36.0 Å². The minimum absolute atomic E-state index is 0.0115. The molecule has 0 bridgehead atoms. The van der Waals surface area contributed by atoms with Crippen molar-refractivity contribution in [2.24, 2.45) is 5.92 Å². The Morgan fingerprint density at radius 1 is 1.09 bits per heavy atom. The van der Waals surface area contributed by atoms with Gasteiger partial charge in [-0.2, -0.15) is 0 Å². The Morgan fingerprint density at radius 2 is 1.76 bits per heavy atom. The fourth-order valence-corrected chi connectivity index (χ4v) is 6.15. The summed E-state index contributed by atoms with van der Waals surface area (Å²) < 4.78 is 5.54. The van der Waals surface area contributed by atoms with E-state index in [4.69, 9.17) is 16.3 Å². The van der Waals surface area contributed by atoms with E-state index in [2.05, 4.69) is 22.2 Å². The number of likely N-dealkylation sites (tertiary alicyclic amines) is 1. The molecule has 4 fully saturated rings. The highest BCUT2D eigenvalue weighted by Crippen LogP contribution is 2.34. The normalized spacial score (nSPS) is 28.9. The van der Waals surface area contributed by atoms with Crippen LogP contribution in [0.5, 0.6) is 0 Å². The molecule has 4 atom stereocenters.